The summed E-state index contributed by atoms with van der Waals surface area (Å²) in [7, 11) is 0. The van der Waals surface area contributed by atoms with Crippen LogP contribution in [0.15, 0.2) is 60.7 Å². The summed E-state index contributed by atoms with van der Waals surface area (Å²) in [5, 5.41) is 0. The molecule has 0 saturated carbocycles. The van der Waals surface area contributed by atoms with Gasteiger partial charge in [-0.1, -0.05) is 49.4 Å². The van der Waals surface area contributed by atoms with Crippen molar-refractivity contribution >= 4 is 23.6 Å². The van der Waals surface area contributed by atoms with Crippen LogP contribution in [0.5, 0.6) is 5.75 Å². The van der Waals surface area contributed by atoms with E-state index in [1.807, 2.05) is 30.3 Å². The lowest BCUT2D eigenvalue weighted by Crippen LogP contribution is -2.52. The van der Waals surface area contributed by atoms with Crippen LogP contribution in [-0.2, 0) is 9.59 Å². The average Bonchev–Trinajstić information content (AvgIpc) is 3.13. The van der Waals surface area contributed by atoms with E-state index in [-0.39, 0.29) is 24.3 Å². The molecule has 0 radical (unpaired) electrons. The van der Waals surface area contributed by atoms with Crippen LogP contribution in [0.3, 0.4) is 0 Å². The molecule has 2 heterocycles. The first-order valence-corrected chi connectivity index (χ1v) is 11.4. The van der Waals surface area contributed by atoms with Gasteiger partial charge in [-0.2, -0.15) is 0 Å². The first kappa shape index (κ1) is 22.2. The molecule has 0 spiro atoms. The summed E-state index contributed by atoms with van der Waals surface area (Å²) >= 11 is 0. The summed E-state index contributed by atoms with van der Waals surface area (Å²) in [6.45, 7) is 6.95. The number of imide groups is 1. The Morgan fingerprint density at radius 1 is 0.969 bits per heavy atom. The van der Waals surface area contributed by atoms with Crippen LogP contribution in [0.2, 0.25) is 0 Å². The predicted molar refractivity (Wildman–Crippen MR) is 127 cm³/mol. The van der Waals surface area contributed by atoms with E-state index in [2.05, 4.69) is 41.0 Å². The Morgan fingerprint density at radius 2 is 1.69 bits per heavy atom. The first-order chi connectivity index (χ1) is 15.7. The molecule has 2 fully saturated rings. The van der Waals surface area contributed by atoms with Gasteiger partial charge in [0.1, 0.15) is 5.75 Å². The Bertz CT molecular complexity index is 935. The molecule has 32 heavy (non-hydrogen) atoms. The SMILES string of the molecule is CCCOc1ccc(N2C(=O)C[C@H](N3CCN(C/C=C/c4ccccc4)CC3)C2=O)cc1. The highest BCUT2D eigenvalue weighted by Crippen LogP contribution is 2.28. The van der Waals surface area contributed by atoms with Crippen LogP contribution in [0.1, 0.15) is 25.3 Å². The summed E-state index contributed by atoms with van der Waals surface area (Å²) in [6, 6.07) is 17.1. The second kappa shape index (κ2) is 10.6. The number of hydrogen-bond donors (Lipinski definition) is 0. The van der Waals surface area contributed by atoms with E-state index in [9.17, 15) is 9.59 Å². The molecular formula is C26H31N3O3. The van der Waals surface area contributed by atoms with Crippen molar-refractivity contribution in [1.29, 1.82) is 0 Å². The number of anilines is 1. The Balaban J connectivity index is 1.30. The molecular weight excluding hydrogens is 402 g/mol. The number of carbonyl (C=O) groups is 2. The number of benzene rings is 2. The first-order valence-electron chi connectivity index (χ1n) is 11.4. The maximum atomic E-state index is 13.1. The standard InChI is InChI=1S/C26H31N3O3/c1-2-19-32-23-12-10-22(11-13-23)29-25(30)20-24(26(29)31)28-17-15-27(16-18-28)14-6-9-21-7-4-3-5-8-21/h3-13,24H,2,14-20H2,1H3/b9-6+/t24-/m0/s1. The highest BCUT2D eigenvalue weighted by Gasteiger charge is 2.43. The zero-order valence-electron chi connectivity index (χ0n) is 18.7. The topological polar surface area (TPSA) is 53.1 Å². The normalized spacial score (nSPS) is 20.4. The van der Waals surface area contributed by atoms with Gasteiger partial charge in [0.15, 0.2) is 0 Å². The summed E-state index contributed by atoms with van der Waals surface area (Å²) in [5.41, 5.74) is 1.82. The molecule has 2 amide bonds. The minimum absolute atomic E-state index is 0.116. The van der Waals surface area contributed by atoms with Crippen molar-refractivity contribution in [3.63, 3.8) is 0 Å². The van der Waals surface area contributed by atoms with Gasteiger partial charge in [0.05, 0.1) is 24.8 Å². The predicted octanol–water partition coefficient (Wildman–Crippen LogP) is 3.44. The summed E-state index contributed by atoms with van der Waals surface area (Å²) in [6.07, 6.45) is 5.51. The third-order valence-electron chi connectivity index (χ3n) is 6.01. The highest BCUT2D eigenvalue weighted by molar-refractivity contribution is 6.22. The Morgan fingerprint density at radius 3 is 2.38 bits per heavy atom. The number of amides is 2. The van der Waals surface area contributed by atoms with Gasteiger partial charge in [-0.25, -0.2) is 4.90 Å². The van der Waals surface area contributed by atoms with Gasteiger partial charge in [0.25, 0.3) is 5.91 Å². The zero-order chi connectivity index (χ0) is 22.3. The third-order valence-corrected chi connectivity index (χ3v) is 6.01. The molecule has 2 aliphatic rings. The van der Waals surface area contributed by atoms with E-state index in [1.165, 1.54) is 10.5 Å². The number of ether oxygens (including phenoxy) is 1. The van der Waals surface area contributed by atoms with Crippen molar-refractivity contribution in [2.75, 3.05) is 44.2 Å². The lowest BCUT2D eigenvalue weighted by Gasteiger charge is -2.36. The van der Waals surface area contributed by atoms with Gasteiger partial charge < -0.3 is 4.74 Å². The van der Waals surface area contributed by atoms with Crippen molar-refractivity contribution < 1.29 is 14.3 Å². The van der Waals surface area contributed by atoms with Crippen molar-refractivity contribution in [1.82, 2.24) is 9.80 Å². The van der Waals surface area contributed by atoms with Gasteiger partial charge in [-0.15, -0.1) is 0 Å². The molecule has 2 aromatic rings. The lowest BCUT2D eigenvalue weighted by atomic mass is 10.1. The maximum absolute atomic E-state index is 13.1. The van der Waals surface area contributed by atoms with Crippen molar-refractivity contribution in [3.8, 4) is 5.75 Å². The van der Waals surface area contributed by atoms with Crippen molar-refractivity contribution in [2.24, 2.45) is 0 Å². The molecule has 6 heteroatoms. The molecule has 0 aliphatic carbocycles. The number of carbonyl (C=O) groups excluding carboxylic acids is 2. The fraction of sp³-hybridized carbons (Fsp3) is 0.385. The van der Waals surface area contributed by atoms with Crippen molar-refractivity contribution in [3.05, 3.63) is 66.2 Å². The lowest BCUT2D eigenvalue weighted by molar-refractivity contribution is -0.123. The van der Waals surface area contributed by atoms with Gasteiger partial charge in [0.2, 0.25) is 5.91 Å². The van der Waals surface area contributed by atoms with Crippen LogP contribution in [0.25, 0.3) is 6.08 Å². The molecule has 0 N–H and O–H groups in total. The number of piperazine rings is 1. The van der Waals surface area contributed by atoms with E-state index < -0.39 is 0 Å². The van der Waals surface area contributed by atoms with E-state index in [4.69, 9.17) is 4.74 Å². The second-order valence-corrected chi connectivity index (χ2v) is 8.28. The monoisotopic (exact) mass is 433 g/mol. The Kier molecular flexibility index (Phi) is 7.35. The smallest absolute Gasteiger partial charge is 0.251 e. The van der Waals surface area contributed by atoms with E-state index in [0.717, 1.165) is 44.9 Å². The molecule has 2 saturated heterocycles. The van der Waals surface area contributed by atoms with E-state index >= 15 is 0 Å². The Hall–Kier alpha value is -2.96. The van der Waals surface area contributed by atoms with E-state index in [1.54, 1.807) is 12.1 Å². The van der Waals surface area contributed by atoms with Crippen LogP contribution < -0.4 is 9.64 Å². The van der Waals surface area contributed by atoms with Crippen LogP contribution in [-0.4, -0.2) is 67.0 Å². The molecule has 2 aromatic carbocycles. The minimum Gasteiger partial charge on any atom is -0.494 e. The Labute approximate surface area is 190 Å². The maximum Gasteiger partial charge on any atom is 0.251 e. The van der Waals surface area contributed by atoms with Crippen LogP contribution in [0.4, 0.5) is 5.69 Å². The van der Waals surface area contributed by atoms with Crippen LogP contribution in [0, 0.1) is 0 Å². The van der Waals surface area contributed by atoms with Gasteiger partial charge in [0, 0.05) is 32.7 Å². The van der Waals surface area contributed by atoms with Crippen molar-refractivity contribution in [2.45, 2.75) is 25.8 Å². The third kappa shape index (κ3) is 5.26. The van der Waals surface area contributed by atoms with Gasteiger partial charge in [-0.3, -0.25) is 19.4 Å². The molecule has 0 unspecified atom stereocenters. The summed E-state index contributed by atoms with van der Waals surface area (Å²) in [5.74, 6) is 0.508. The quantitative estimate of drug-likeness (QED) is 0.597. The fourth-order valence-corrected chi connectivity index (χ4v) is 4.24. The molecule has 0 aromatic heterocycles. The minimum atomic E-state index is -0.361. The molecule has 1 atom stereocenters. The highest BCUT2D eigenvalue weighted by atomic mass is 16.5. The summed E-state index contributed by atoms with van der Waals surface area (Å²) in [4.78, 5) is 31.6. The molecule has 6 nitrogen and oxygen atoms in total. The number of nitrogens with zero attached hydrogens (tertiary/aromatic N) is 3. The molecule has 0 bridgehead atoms. The molecule has 168 valence electrons. The molecule has 2 aliphatic heterocycles. The van der Waals surface area contributed by atoms with E-state index in [0.29, 0.717) is 12.3 Å². The fourth-order valence-electron chi connectivity index (χ4n) is 4.24. The summed E-state index contributed by atoms with van der Waals surface area (Å²) < 4.78 is 5.60. The number of rotatable bonds is 8. The second-order valence-electron chi connectivity index (χ2n) is 8.28. The average molecular weight is 434 g/mol. The largest absolute Gasteiger partial charge is 0.494 e. The van der Waals surface area contributed by atoms with Gasteiger partial charge >= 0.3 is 0 Å². The number of hydrogen-bond acceptors (Lipinski definition) is 5. The zero-order valence-corrected chi connectivity index (χ0v) is 18.7. The molecule has 4 rings (SSSR count). The van der Waals surface area contributed by atoms with Crippen LogP contribution >= 0.6 is 0 Å². The van der Waals surface area contributed by atoms with Gasteiger partial charge in [-0.05, 0) is 36.2 Å².